The molecule has 1 aromatic carbocycles. The van der Waals surface area contributed by atoms with Crippen molar-refractivity contribution >= 4 is 33.3 Å². The van der Waals surface area contributed by atoms with Gasteiger partial charge < -0.3 is 0 Å². The first kappa shape index (κ1) is 10.7. The highest BCUT2D eigenvalue weighted by molar-refractivity contribution is 9.09. The highest BCUT2D eigenvalue weighted by atomic mass is 79.9. The summed E-state index contributed by atoms with van der Waals surface area (Å²) in [5.74, 6) is 0. The zero-order valence-corrected chi connectivity index (χ0v) is 10.6. The second-order valence-electron chi connectivity index (χ2n) is 3.12. The molecule has 0 spiro atoms. The molecular weight excluding hydrogens is 268 g/mol. The van der Waals surface area contributed by atoms with E-state index in [4.69, 9.17) is 0 Å². The van der Waals surface area contributed by atoms with Crippen LogP contribution < -0.4 is 0 Å². The Morgan fingerprint density at radius 1 is 1.07 bits per heavy atom. The average Bonchev–Trinajstić information content (AvgIpc) is 2.76. The van der Waals surface area contributed by atoms with E-state index >= 15 is 0 Å². The van der Waals surface area contributed by atoms with Crippen LogP contribution >= 0.6 is 27.3 Å². The van der Waals surface area contributed by atoms with Crippen LogP contribution in [0.25, 0.3) is 16.5 Å². The van der Waals surface area contributed by atoms with Crippen molar-refractivity contribution in [3.63, 3.8) is 0 Å². The number of thiophene rings is 1. The summed E-state index contributed by atoms with van der Waals surface area (Å²) < 4.78 is 0. The summed E-state index contributed by atoms with van der Waals surface area (Å²) in [5, 5.41) is 0.908. The summed E-state index contributed by atoms with van der Waals surface area (Å²) in [5.41, 5.74) is 1.29. The van der Waals surface area contributed by atoms with Gasteiger partial charge in [0.05, 0.1) is 0 Å². The van der Waals surface area contributed by atoms with Gasteiger partial charge in [0.1, 0.15) is 0 Å². The molecule has 0 nitrogen and oxygen atoms in total. The Morgan fingerprint density at radius 3 is 2.60 bits per heavy atom. The molecule has 0 aliphatic heterocycles. The molecule has 1 aromatic heterocycles. The highest BCUT2D eigenvalue weighted by Gasteiger charge is 1.99. The van der Waals surface area contributed by atoms with Crippen molar-refractivity contribution in [2.45, 2.75) is 0 Å². The van der Waals surface area contributed by atoms with Gasteiger partial charge in [-0.15, -0.1) is 11.3 Å². The zero-order chi connectivity index (χ0) is 10.5. The van der Waals surface area contributed by atoms with Crippen LogP contribution in [0.15, 0.2) is 48.5 Å². The molecule has 0 bridgehead atoms. The maximum Gasteiger partial charge on any atom is 0.0349 e. The van der Waals surface area contributed by atoms with Crippen molar-refractivity contribution in [3.05, 3.63) is 53.4 Å². The van der Waals surface area contributed by atoms with Crippen LogP contribution in [0.1, 0.15) is 4.88 Å². The van der Waals surface area contributed by atoms with Gasteiger partial charge in [-0.1, -0.05) is 52.3 Å². The van der Waals surface area contributed by atoms with Crippen LogP contribution in [0.5, 0.6) is 0 Å². The Hall–Kier alpha value is -0.860. The topological polar surface area (TPSA) is 0 Å². The van der Waals surface area contributed by atoms with Crippen LogP contribution in [0.2, 0.25) is 0 Å². The molecule has 0 aliphatic rings. The number of hydrogen-bond acceptors (Lipinski definition) is 1. The van der Waals surface area contributed by atoms with Crippen LogP contribution in [0.3, 0.4) is 0 Å². The van der Waals surface area contributed by atoms with Crippen molar-refractivity contribution in [2.24, 2.45) is 0 Å². The molecule has 76 valence electrons. The first-order chi connectivity index (χ1) is 7.40. The van der Waals surface area contributed by atoms with Crippen molar-refractivity contribution in [1.82, 2.24) is 0 Å². The summed E-state index contributed by atoms with van der Waals surface area (Å²) in [6.45, 7) is 0. The Morgan fingerprint density at radius 2 is 1.87 bits per heavy atom. The number of allylic oxidation sites excluding steroid dienone is 1. The van der Waals surface area contributed by atoms with E-state index in [0.29, 0.717) is 0 Å². The predicted molar refractivity (Wildman–Crippen MR) is 72.6 cm³/mol. The minimum absolute atomic E-state index is 0.908. The molecule has 2 rings (SSSR count). The van der Waals surface area contributed by atoms with Gasteiger partial charge in [-0.25, -0.2) is 0 Å². The van der Waals surface area contributed by atoms with Crippen molar-refractivity contribution in [1.29, 1.82) is 0 Å². The van der Waals surface area contributed by atoms with Gasteiger partial charge in [0.2, 0.25) is 0 Å². The molecule has 15 heavy (non-hydrogen) atoms. The second kappa shape index (κ2) is 5.29. The van der Waals surface area contributed by atoms with E-state index in [1.165, 1.54) is 15.3 Å². The SMILES string of the molecule is BrCC=Cc1ccc(-c2ccccc2)s1. The Labute approximate surface area is 102 Å². The maximum absolute atomic E-state index is 3.38. The molecule has 0 fully saturated rings. The van der Waals surface area contributed by atoms with E-state index in [0.717, 1.165) is 5.33 Å². The molecule has 0 atom stereocenters. The number of hydrogen-bond donors (Lipinski definition) is 0. The Bertz CT molecular complexity index is 443. The lowest BCUT2D eigenvalue weighted by Crippen LogP contribution is -1.67. The fraction of sp³-hybridized carbons (Fsp3) is 0.0769. The third kappa shape index (κ3) is 2.80. The first-order valence-electron chi connectivity index (χ1n) is 4.78. The van der Waals surface area contributed by atoms with Gasteiger partial charge >= 0.3 is 0 Å². The van der Waals surface area contributed by atoms with E-state index in [2.05, 4.69) is 64.5 Å². The molecule has 0 saturated carbocycles. The highest BCUT2D eigenvalue weighted by Crippen LogP contribution is 2.28. The van der Waals surface area contributed by atoms with Crippen molar-refractivity contribution < 1.29 is 0 Å². The molecule has 0 saturated heterocycles. The standard InChI is InChI=1S/C13H11BrS/c14-10-4-7-12-8-9-13(15-12)11-5-2-1-3-6-11/h1-9H,10H2. The molecule has 0 N–H and O–H groups in total. The molecule has 0 radical (unpaired) electrons. The van der Waals surface area contributed by atoms with Gasteiger partial charge in [0, 0.05) is 15.1 Å². The van der Waals surface area contributed by atoms with E-state index in [1.54, 1.807) is 0 Å². The van der Waals surface area contributed by atoms with Crippen LogP contribution in [-0.2, 0) is 0 Å². The van der Waals surface area contributed by atoms with E-state index < -0.39 is 0 Å². The molecule has 2 aromatic rings. The first-order valence-corrected chi connectivity index (χ1v) is 6.72. The van der Waals surface area contributed by atoms with E-state index in [1.807, 2.05) is 17.4 Å². The largest absolute Gasteiger partial charge is 0.136 e. The Kier molecular flexibility index (Phi) is 3.75. The summed E-state index contributed by atoms with van der Waals surface area (Å²) >= 11 is 5.19. The van der Waals surface area contributed by atoms with Gasteiger partial charge in [-0.05, 0) is 23.8 Å². The number of halogens is 1. The van der Waals surface area contributed by atoms with Crippen LogP contribution in [0.4, 0.5) is 0 Å². The third-order valence-corrected chi connectivity index (χ3v) is 3.53. The average molecular weight is 279 g/mol. The quantitative estimate of drug-likeness (QED) is 0.706. The fourth-order valence-corrected chi connectivity index (χ4v) is 2.49. The molecular formula is C13H11BrS. The lowest BCUT2D eigenvalue weighted by atomic mass is 10.2. The normalized spacial score (nSPS) is 11.0. The number of benzene rings is 1. The Balaban J connectivity index is 2.24. The lowest BCUT2D eigenvalue weighted by molar-refractivity contribution is 1.70. The molecule has 1 heterocycles. The summed E-state index contributed by atoms with van der Waals surface area (Å²) in [6, 6.07) is 14.8. The second-order valence-corrected chi connectivity index (χ2v) is 4.89. The number of rotatable bonds is 3. The van der Waals surface area contributed by atoms with Gasteiger partial charge in [-0.2, -0.15) is 0 Å². The van der Waals surface area contributed by atoms with E-state index in [-0.39, 0.29) is 0 Å². The van der Waals surface area contributed by atoms with Gasteiger partial charge in [0.25, 0.3) is 0 Å². The van der Waals surface area contributed by atoms with Crippen LogP contribution in [-0.4, -0.2) is 5.33 Å². The minimum Gasteiger partial charge on any atom is -0.136 e. The monoisotopic (exact) mass is 278 g/mol. The van der Waals surface area contributed by atoms with Crippen molar-refractivity contribution in [2.75, 3.05) is 5.33 Å². The zero-order valence-electron chi connectivity index (χ0n) is 8.19. The van der Waals surface area contributed by atoms with E-state index in [9.17, 15) is 0 Å². The molecule has 2 heteroatoms. The summed E-state index contributed by atoms with van der Waals surface area (Å²) in [7, 11) is 0. The minimum atomic E-state index is 0.908. The summed E-state index contributed by atoms with van der Waals surface area (Å²) in [6.07, 6.45) is 4.26. The van der Waals surface area contributed by atoms with Gasteiger partial charge in [0.15, 0.2) is 0 Å². The van der Waals surface area contributed by atoms with Gasteiger partial charge in [-0.3, -0.25) is 0 Å². The molecule has 0 unspecified atom stereocenters. The smallest absolute Gasteiger partial charge is 0.0349 e. The van der Waals surface area contributed by atoms with Crippen LogP contribution in [0, 0.1) is 0 Å². The lowest BCUT2D eigenvalue weighted by Gasteiger charge is -1.94. The summed E-state index contributed by atoms with van der Waals surface area (Å²) in [4.78, 5) is 2.62. The predicted octanol–water partition coefficient (Wildman–Crippen LogP) is 4.82. The maximum atomic E-state index is 3.38. The third-order valence-electron chi connectivity index (χ3n) is 2.06. The molecule has 0 amide bonds. The molecule has 0 aliphatic carbocycles. The fourth-order valence-electron chi connectivity index (χ4n) is 1.36. The number of alkyl halides is 1. The van der Waals surface area contributed by atoms with Crippen molar-refractivity contribution in [3.8, 4) is 10.4 Å².